The van der Waals surface area contributed by atoms with E-state index in [4.69, 9.17) is 9.47 Å². The van der Waals surface area contributed by atoms with Crippen LogP contribution in [0.2, 0.25) is 0 Å². The summed E-state index contributed by atoms with van der Waals surface area (Å²) < 4.78 is 37.2. The predicted molar refractivity (Wildman–Crippen MR) is 94.9 cm³/mol. The van der Waals surface area contributed by atoms with Crippen molar-refractivity contribution in [2.24, 2.45) is 0 Å². The van der Waals surface area contributed by atoms with Gasteiger partial charge in [-0.25, -0.2) is 8.42 Å². The summed E-state index contributed by atoms with van der Waals surface area (Å²) in [5.41, 5.74) is 2.67. The minimum Gasteiger partial charge on any atom is -0.496 e. The number of epoxide rings is 1. The van der Waals surface area contributed by atoms with Crippen LogP contribution in [-0.4, -0.2) is 33.2 Å². The van der Waals surface area contributed by atoms with E-state index in [0.717, 1.165) is 16.6 Å². The van der Waals surface area contributed by atoms with Gasteiger partial charge in [0.25, 0.3) is 0 Å². The monoisotopic (exact) mass is 357 g/mol. The standard InChI is InChI=1S/C19H19NO4S/c1-12-3-5-14(6-4-12)25(21,22)18-10-20-16-7-8-17(23-2)15(19(16)18)9-13-11-24-13/h3-8,10,13,20H,9,11H2,1-2H3. The van der Waals surface area contributed by atoms with Gasteiger partial charge in [-0.3, -0.25) is 0 Å². The highest BCUT2D eigenvalue weighted by Gasteiger charge is 2.29. The van der Waals surface area contributed by atoms with Crippen molar-refractivity contribution in [3.63, 3.8) is 0 Å². The van der Waals surface area contributed by atoms with E-state index >= 15 is 0 Å². The van der Waals surface area contributed by atoms with E-state index < -0.39 is 9.84 Å². The number of hydrogen-bond acceptors (Lipinski definition) is 4. The van der Waals surface area contributed by atoms with E-state index in [1.165, 1.54) is 0 Å². The molecule has 1 aliphatic heterocycles. The summed E-state index contributed by atoms with van der Waals surface area (Å²) in [5.74, 6) is 0.683. The number of fused-ring (bicyclic) bond motifs is 1. The molecule has 0 amide bonds. The summed E-state index contributed by atoms with van der Waals surface area (Å²) in [7, 11) is -2.03. The molecule has 0 spiro atoms. The molecule has 2 aromatic carbocycles. The van der Waals surface area contributed by atoms with Crippen LogP contribution in [-0.2, 0) is 21.0 Å². The summed E-state index contributed by atoms with van der Waals surface area (Å²) >= 11 is 0. The van der Waals surface area contributed by atoms with Crippen LogP contribution in [0.15, 0.2) is 52.4 Å². The first-order valence-electron chi connectivity index (χ1n) is 8.11. The summed E-state index contributed by atoms with van der Waals surface area (Å²) in [5, 5.41) is 0.690. The molecule has 0 bridgehead atoms. The van der Waals surface area contributed by atoms with Crippen molar-refractivity contribution in [3.8, 4) is 5.75 Å². The van der Waals surface area contributed by atoms with Crippen molar-refractivity contribution in [3.05, 3.63) is 53.7 Å². The molecule has 1 unspecified atom stereocenters. The molecule has 5 nitrogen and oxygen atoms in total. The number of sulfone groups is 1. The van der Waals surface area contributed by atoms with Gasteiger partial charge in [0.2, 0.25) is 9.84 Å². The number of H-pyrrole nitrogens is 1. The molecule has 3 aromatic rings. The van der Waals surface area contributed by atoms with Crippen molar-refractivity contribution >= 4 is 20.7 Å². The van der Waals surface area contributed by atoms with Gasteiger partial charge in [0, 0.05) is 29.1 Å². The molecule has 25 heavy (non-hydrogen) atoms. The second-order valence-electron chi connectivity index (χ2n) is 6.30. The predicted octanol–water partition coefficient (Wildman–Crippen LogP) is 3.26. The van der Waals surface area contributed by atoms with Crippen molar-refractivity contribution < 1.29 is 17.9 Å². The van der Waals surface area contributed by atoms with Crippen LogP contribution in [0.4, 0.5) is 0 Å². The lowest BCUT2D eigenvalue weighted by molar-refractivity contribution is 0.391. The fourth-order valence-corrected chi connectivity index (χ4v) is 4.57. The smallest absolute Gasteiger partial charge is 0.208 e. The van der Waals surface area contributed by atoms with Gasteiger partial charge in [-0.2, -0.15) is 0 Å². The zero-order valence-corrected chi connectivity index (χ0v) is 14.9. The van der Waals surface area contributed by atoms with Gasteiger partial charge in [0.15, 0.2) is 0 Å². The van der Waals surface area contributed by atoms with Gasteiger partial charge in [0.1, 0.15) is 5.75 Å². The number of aromatic nitrogens is 1. The van der Waals surface area contributed by atoms with Crippen LogP contribution < -0.4 is 4.74 Å². The molecule has 1 N–H and O–H groups in total. The van der Waals surface area contributed by atoms with Gasteiger partial charge in [-0.1, -0.05) is 17.7 Å². The largest absolute Gasteiger partial charge is 0.496 e. The minimum atomic E-state index is -3.63. The first kappa shape index (κ1) is 16.2. The Bertz CT molecular complexity index is 1030. The Morgan fingerprint density at radius 1 is 1.20 bits per heavy atom. The SMILES string of the molecule is COc1ccc2[nH]cc(S(=O)(=O)c3ccc(C)cc3)c2c1CC1CO1. The zero-order chi connectivity index (χ0) is 17.6. The van der Waals surface area contributed by atoms with Crippen LogP contribution in [0.1, 0.15) is 11.1 Å². The number of ether oxygens (including phenoxy) is 2. The fraction of sp³-hybridized carbons (Fsp3) is 0.263. The van der Waals surface area contributed by atoms with Gasteiger partial charge in [-0.05, 0) is 31.2 Å². The molecular formula is C19H19NO4S. The number of benzene rings is 2. The lowest BCUT2D eigenvalue weighted by Crippen LogP contribution is -2.04. The summed E-state index contributed by atoms with van der Waals surface area (Å²) in [6, 6.07) is 10.6. The number of nitrogens with one attached hydrogen (secondary N) is 1. The lowest BCUT2D eigenvalue weighted by Gasteiger charge is -2.11. The molecule has 0 radical (unpaired) electrons. The molecule has 4 rings (SSSR count). The van der Waals surface area contributed by atoms with E-state index in [1.54, 1.807) is 37.6 Å². The van der Waals surface area contributed by atoms with Crippen LogP contribution in [0.5, 0.6) is 5.75 Å². The maximum absolute atomic E-state index is 13.2. The first-order valence-corrected chi connectivity index (χ1v) is 9.59. The van der Waals surface area contributed by atoms with Crippen molar-refractivity contribution in [1.82, 2.24) is 4.98 Å². The summed E-state index contributed by atoms with van der Waals surface area (Å²) in [6.45, 7) is 2.63. The van der Waals surface area contributed by atoms with Crippen molar-refractivity contribution in [2.45, 2.75) is 29.2 Å². The Morgan fingerprint density at radius 3 is 2.56 bits per heavy atom. The molecule has 1 aromatic heterocycles. The van der Waals surface area contributed by atoms with E-state index in [0.29, 0.717) is 24.2 Å². The number of methoxy groups -OCH3 is 1. The van der Waals surface area contributed by atoms with Crippen LogP contribution in [0, 0.1) is 6.92 Å². The van der Waals surface area contributed by atoms with E-state index in [9.17, 15) is 8.42 Å². The molecule has 0 saturated carbocycles. The number of aromatic amines is 1. The van der Waals surface area contributed by atoms with Gasteiger partial charge in [0.05, 0.1) is 29.6 Å². The third kappa shape index (κ3) is 2.81. The van der Waals surface area contributed by atoms with E-state index in [1.807, 2.05) is 19.1 Å². The summed E-state index contributed by atoms with van der Waals surface area (Å²) in [6.07, 6.45) is 2.33. The third-order valence-corrected chi connectivity index (χ3v) is 6.34. The Morgan fingerprint density at radius 2 is 1.92 bits per heavy atom. The average Bonchev–Trinajstić information content (AvgIpc) is 3.30. The molecule has 130 valence electrons. The van der Waals surface area contributed by atoms with Crippen LogP contribution in [0.25, 0.3) is 10.9 Å². The van der Waals surface area contributed by atoms with Crippen molar-refractivity contribution in [1.29, 1.82) is 0 Å². The van der Waals surface area contributed by atoms with Crippen LogP contribution in [0.3, 0.4) is 0 Å². The average molecular weight is 357 g/mol. The maximum atomic E-state index is 13.2. The summed E-state index contributed by atoms with van der Waals surface area (Å²) in [4.78, 5) is 3.65. The van der Waals surface area contributed by atoms with E-state index in [2.05, 4.69) is 4.98 Å². The highest BCUT2D eigenvalue weighted by atomic mass is 32.2. The van der Waals surface area contributed by atoms with Gasteiger partial charge < -0.3 is 14.5 Å². The second-order valence-corrected chi connectivity index (χ2v) is 8.22. The third-order valence-electron chi connectivity index (χ3n) is 4.55. The van der Waals surface area contributed by atoms with Crippen LogP contribution >= 0.6 is 0 Å². The highest BCUT2D eigenvalue weighted by molar-refractivity contribution is 7.91. The maximum Gasteiger partial charge on any atom is 0.208 e. The molecule has 1 atom stereocenters. The zero-order valence-electron chi connectivity index (χ0n) is 14.1. The fourth-order valence-electron chi connectivity index (χ4n) is 3.11. The van der Waals surface area contributed by atoms with E-state index in [-0.39, 0.29) is 15.9 Å². The number of hydrogen-bond donors (Lipinski definition) is 1. The van der Waals surface area contributed by atoms with Gasteiger partial charge in [-0.15, -0.1) is 0 Å². The Hall–Kier alpha value is -2.31. The quantitative estimate of drug-likeness (QED) is 0.712. The normalized spacial score (nSPS) is 17.0. The minimum absolute atomic E-state index is 0.129. The molecule has 1 saturated heterocycles. The van der Waals surface area contributed by atoms with Gasteiger partial charge >= 0.3 is 0 Å². The molecular weight excluding hydrogens is 338 g/mol. The first-order chi connectivity index (χ1) is 12.0. The molecule has 1 fully saturated rings. The highest BCUT2D eigenvalue weighted by Crippen LogP contribution is 2.37. The Kier molecular flexibility index (Phi) is 3.81. The Labute approximate surface area is 146 Å². The van der Waals surface area contributed by atoms with Crippen molar-refractivity contribution in [2.75, 3.05) is 13.7 Å². The number of rotatable bonds is 5. The molecule has 6 heteroatoms. The molecule has 1 aliphatic rings. The lowest BCUT2D eigenvalue weighted by atomic mass is 10.0. The number of aryl methyl sites for hydroxylation is 1. The Balaban J connectivity index is 1.93. The second kappa shape index (κ2) is 5.89. The molecule has 0 aliphatic carbocycles. The topological polar surface area (TPSA) is 71.7 Å². The molecule has 2 heterocycles.